The maximum Gasteiger partial charge on any atom is 0.267 e. The molecular weight excluding hydrogens is 324 g/mol. The SMILES string of the molecule is COc1cc(C)sc1C(=O)N1CCN(c2cc(C#N)ccn2)CC1. The number of thiophene rings is 1. The smallest absolute Gasteiger partial charge is 0.267 e. The van der Waals surface area contributed by atoms with E-state index in [1.54, 1.807) is 25.4 Å². The van der Waals surface area contributed by atoms with Crippen molar-refractivity contribution < 1.29 is 9.53 Å². The number of carbonyl (C=O) groups is 1. The predicted molar refractivity (Wildman–Crippen MR) is 92.7 cm³/mol. The molecule has 0 atom stereocenters. The Morgan fingerprint density at radius 1 is 1.33 bits per heavy atom. The highest BCUT2D eigenvalue weighted by Gasteiger charge is 2.26. The lowest BCUT2D eigenvalue weighted by Gasteiger charge is -2.35. The number of ether oxygens (including phenoxy) is 1. The predicted octanol–water partition coefficient (Wildman–Crippen LogP) is 2.29. The number of piperazine rings is 1. The summed E-state index contributed by atoms with van der Waals surface area (Å²) in [5.41, 5.74) is 0.595. The van der Waals surface area contributed by atoms with Crippen molar-refractivity contribution in [3.8, 4) is 11.8 Å². The summed E-state index contributed by atoms with van der Waals surface area (Å²) in [7, 11) is 1.59. The molecule has 0 radical (unpaired) electrons. The van der Waals surface area contributed by atoms with Gasteiger partial charge in [-0.3, -0.25) is 4.79 Å². The van der Waals surface area contributed by atoms with Gasteiger partial charge in [0.25, 0.3) is 5.91 Å². The first-order valence-electron chi connectivity index (χ1n) is 7.67. The van der Waals surface area contributed by atoms with Crippen LogP contribution in [0, 0.1) is 18.3 Å². The van der Waals surface area contributed by atoms with Gasteiger partial charge in [-0.25, -0.2) is 4.98 Å². The number of nitrogens with zero attached hydrogens (tertiary/aromatic N) is 4. The summed E-state index contributed by atoms with van der Waals surface area (Å²) >= 11 is 1.46. The van der Waals surface area contributed by atoms with E-state index in [1.165, 1.54) is 11.3 Å². The molecule has 1 aliphatic rings. The number of hydrogen-bond donors (Lipinski definition) is 0. The number of hydrogen-bond acceptors (Lipinski definition) is 6. The number of methoxy groups -OCH3 is 1. The van der Waals surface area contributed by atoms with Crippen LogP contribution in [0.5, 0.6) is 5.75 Å². The Labute approximate surface area is 144 Å². The molecule has 24 heavy (non-hydrogen) atoms. The first-order valence-corrected chi connectivity index (χ1v) is 8.49. The molecule has 124 valence electrons. The standard InChI is InChI=1S/C17H18N4O2S/c1-12-9-14(23-2)16(24-12)17(22)21-7-5-20(6-8-21)15-10-13(11-18)3-4-19-15/h3-4,9-10H,5-8H2,1-2H3. The quantitative estimate of drug-likeness (QED) is 0.856. The van der Waals surface area contributed by atoms with Crippen LogP contribution in [0.2, 0.25) is 0 Å². The number of carbonyl (C=O) groups excluding carboxylic acids is 1. The van der Waals surface area contributed by atoms with Crippen molar-refractivity contribution in [3.63, 3.8) is 0 Å². The first-order chi connectivity index (χ1) is 11.6. The molecule has 1 saturated heterocycles. The number of nitriles is 1. The third-order valence-corrected chi connectivity index (χ3v) is 5.02. The Bertz CT molecular complexity index is 788. The topological polar surface area (TPSA) is 69.5 Å². The number of amides is 1. The fourth-order valence-electron chi connectivity index (χ4n) is 2.73. The van der Waals surface area contributed by atoms with Crippen molar-refractivity contribution in [1.29, 1.82) is 5.26 Å². The van der Waals surface area contributed by atoms with Crippen LogP contribution in [0.1, 0.15) is 20.1 Å². The highest BCUT2D eigenvalue weighted by molar-refractivity contribution is 7.14. The van der Waals surface area contributed by atoms with Gasteiger partial charge in [0.15, 0.2) is 0 Å². The molecule has 7 heteroatoms. The lowest BCUT2D eigenvalue weighted by molar-refractivity contribution is 0.0748. The van der Waals surface area contributed by atoms with E-state index in [0.29, 0.717) is 42.4 Å². The van der Waals surface area contributed by atoms with E-state index in [4.69, 9.17) is 10.00 Å². The lowest BCUT2D eigenvalue weighted by atomic mass is 10.2. The zero-order valence-electron chi connectivity index (χ0n) is 13.7. The van der Waals surface area contributed by atoms with Gasteiger partial charge in [-0.05, 0) is 25.1 Å². The minimum Gasteiger partial charge on any atom is -0.495 e. The first kappa shape index (κ1) is 16.3. The molecule has 2 aromatic rings. The molecule has 0 unspecified atom stereocenters. The van der Waals surface area contributed by atoms with Gasteiger partial charge in [-0.2, -0.15) is 5.26 Å². The minimum atomic E-state index is 0.0170. The fourth-order valence-corrected chi connectivity index (χ4v) is 3.68. The molecule has 1 aliphatic heterocycles. The number of rotatable bonds is 3. The van der Waals surface area contributed by atoms with Crippen LogP contribution >= 0.6 is 11.3 Å². The second kappa shape index (κ2) is 6.89. The summed E-state index contributed by atoms with van der Waals surface area (Å²) < 4.78 is 5.31. The molecule has 2 aromatic heterocycles. The Morgan fingerprint density at radius 3 is 2.75 bits per heavy atom. The van der Waals surface area contributed by atoms with E-state index >= 15 is 0 Å². The van der Waals surface area contributed by atoms with Crippen LogP contribution in [0.15, 0.2) is 24.4 Å². The summed E-state index contributed by atoms with van der Waals surface area (Å²) in [6, 6.07) is 7.49. The summed E-state index contributed by atoms with van der Waals surface area (Å²) in [5.74, 6) is 1.45. The van der Waals surface area contributed by atoms with E-state index in [2.05, 4.69) is 16.0 Å². The molecule has 0 aliphatic carbocycles. The van der Waals surface area contributed by atoms with Crippen LogP contribution in [-0.4, -0.2) is 49.1 Å². The van der Waals surface area contributed by atoms with Crippen molar-refractivity contribution in [2.24, 2.45) is 0 Å². The number of anilines is 1. The molecule has 1 fully saturated rings. The van der Waals surface area contributed by atoms with Crippen LogP contribution in [-0.2, 0) is 0 Å². The Kier molecular flexibility index (Phi) is 4.67. The Morgan fingerprint density at radius 2 is 2.08 bits per heavy atom. The maximum absolute atomic E-state index is 12.7. The molecule has 1 amide bonds. The highest BCUT2D eigenvalue weighted by atomic mass is 32.1. The molecule has 0 saturated carbocycles. The fraction of sp³-hybridized carbons (Fsp3) is 0.353. The molecule has 0 aromatic carbocycles. The largest absolute Gasteiger partial charge is 0.495 e. The molecule has 3 rings (SSSR count). The summed E-state index contributed by atoms with van der Waals surface area (Å²) in [4.78, 5) is 22.7. The molecule has 6 nitrogen and oxygen atoms in total. The van der Waals surface area contributed by atoms with Crippen molar-refractivity contribution in [1.82, 2.24) is 9.88 Å². The van der Waals surface area contributed by atoms with Crippen LogP contribution < -0.4 is 9.64 Å². The second-order valence-electron chi connectivity index (χ2n) is 5.55. The minimum absolute atomic E-state index is 0.0170. The van der Waals surface area contributed by atoms with Gasteiger partial charge in [-0.1, -0.05) is 0 Å². The van der Waals surface area contributed by atoms with Gasteiger partial charge < -0.3 is 14.5 Å². The van der Waals surface area contributed by atoms with Crippen LogP contribution in [0.25, 0.3) is 0 Å². The van der Waals surface area contributed by atoms with Gasteiger partial charge in [0.1, 0.15) is 16.4 Å². The number of aryl methyl sites for hydroxylation is 1. The van der Waals surface area contributed by atoms with Gasteiger partial charge in [0.2, 0.25) is 0 Å². The van der Waals surface area contributed by atoms with Gasteiger partial charge in [0.05, 0.1) is 18.7 Å². The lowest BCUT2D eigenvalue weighted by Crippen LogP contribution is -2.49. The Hall–Kier alpha value is -2.59. The summed E-state index contributed by atoms with van der Waals surface area (Å²) in [6.45, 7) is 4.60. The molecule has 0 spiro atoms. The van der Waals surface area contributed by atoms with Crippen LogP contribution in [0.3, 0.4) is 0 Å². The number of pyridine rings is 1. The average molecular weight is 342 g/mol. The third kappa shape index (κ3) is 3.19. The van der Waals surface area contributed by atoms with Crippen molar-refractivity contribution in [2.45, 2.75) is 6.92 Å². The van der Waals surface area contributed by atoms with E-state index in [1.807, 2.05) is 17.9 Å². The van der Waals surface area contributed by atoms with Gasteiger partial charge in [-0.15, -0.1) is 11.3 Å². The maximum atomic E-state index is 12.7. The monoisotopic (exact) mass is 342 g/mol. The van der Waals surface area contributed by atoms with Gasteiger partial charge >= 0.3 is 0 Å². The number of aromatic nitrogens is 1. The van der Waals surface area contributed by atoms with E-state index in [9.17, 15) is 4.79 Å². The normalized spacial score (nSPS) is 14.4. The summed E-state index contributed by atoms with van der Waals surface area (Å²) in [5, 5.41) is 8.99. The summed E-state index contributed by atoms with van der Waals surface area (Å²) in [6.07, 6.45) is 1.64. The van der Waals surface area contributed by atoms with Gasteiger partial charge in [0, 0.05) is 37.3 Å². The molecule has 0 N–H and O–H groups in total. The van der Waals surface area contributed by atoms with Crippen molar-refractivity contribution in [3.05, 3.63) is 39.7 Å². The van der Waals surface area contributed by atoms with E-state index in [0.717, 1.165) is 10.7 Å². The van der Waals surface area contributed by atoms with E-state index < -0.39 is 0 Å². The zero-order valence-corrected chi connectivity index (χ0v) is 14.5. The average Bonchev–Trinajstić information content (AvgIpc) is 3.02. The zero-order chi connectivity index (χ0) is 17.1. The van der Waals surface area contributed by atoms with Crippen molar-refractivity contribution in [2.75, 3.05) is 38.2 Å². The third-order valence-electron chi connectivity index (χ3n) is 4.00. The molecular formula is C17H18N4O2S. The molecule has 3 heterocycles. The highest BCUT2D eigenvalue weighted by Crippen LogP contribution is 2.30. The second-order valence-corrected chi connectivity index (χ2v) is 6.80. The van der Waals surface area contributed by atoms with Crippen molar-refractivity contribution >= 4 is 23.1 Å². The van der Waals surface area contributed by atoms with E-state index in [-0.39, 0.29) is 5.91 Å². The Balaban J connectivity index is 1.68. The van der Waals surface area contributed by atoms with Crippen LogP contribution in [0.4, 0.5) is 5.82 Å². The molecule has 0 bridgehead atoms.